The van der Waals surface area contributed by atoms with E-state index < -0.39 is 36.9 Å². The molecule has 11 nitrogen and oxygen atoms in total. The lowest BCUT2D eigenvalue weighted by Gasteiger charge is -2.30. The Hall–Kier alpha value is -2.12. The van der Waals surface area contributed by atoms with Crippen molar-refractivity contribution < 1.29 is 35.4 Å². The molecule has 0 amide bonds. The predicted molar refractivity (Wildman–Crippen MR) is 159 cm³/mol. The van der Waals surface area contributed by atoms with Crippen molar-refractivity contribution in [1.29, 1.82) is 0 Å². The molecule has 0 saturated heterocycles. The number of hydrogen-bond donors (Lipinski definition) is 2. The molecule has 0 unspecified atom stereocenters. The van der Waals surface area contributed by atoms with Crippen LogP contribution < -0.4 is 9.47 Å². The van der Waals surface area contributed by atoms with Crippen LogP contribution in [-0.4, -0.2) is 36.7 Å². The van der Waals surface area contributed by atoms with Crippen molar-refractivity contribution in [3.63, 3.8) is 0 Å². The Morgan fingerprint density at radius 1 is 1.10 bits per heavy atom. The summed E-state index contributed by atoms with van der Waals surface area (Å²) in [6, 6.07) is 3.37. The molecular formula is C23H24N3O8S6+. The Bertz CT molecular complexity index is 1860. The van der Waals surface area contributed by atoms with Crippen LogP contribution in [0.5, 0.6) is 0 Å². The molecule has 0 radical (unpaired) electrons. The summed E-state index contributed by atoms with van der Waals surface area (Å²) in [4.78, 5) is 14.4. The number of nitrogens with zero attached hydrogens (tertiary/aromatic N) is 3. The van der Waals surface area contributed by atoms with E-state index in [9.17, 15) is 36.1 Å². The van der Waals surface area contributed by atoms with Gasteiger partial charge in [0.25, 0.3) is 25.8 Å². The maximum atomic E-state index is 11.8. The third-order valence-electron chi connectivity index (χ3n) is 6.04. The summed E-state index contributed by atoms with van der Waals surface area (Å²) in [6.45, 7) is 6.11. The lowest BCUT2D eigenvalue weighted by Crippen LogP contribution is -2.38. The third kappa shape index (κ3) is 6.51. The van der Waals surface area contributed by atoms with Crippen molar-refractivity contribution in [2.75, 3.05) is 10.8 Å². The Balaban J connectivity index is 1.56. The third-order valence-corrected chi connectivity index (χ3v) is 11.8. The first-order valence-corrected chi connectivity index (χ1v) is 18.1. The Labute approximate surface area is 246 Å². The smallest absolute Gasteiger partial charge is 0.309 e. The summed E-state index contributed by atoms with van der Waals surface area (Å²) in [5, 5.41) is 12.7. The minimum absolute atomic E-state index is 0.121. The van der Waals surface area contributed by atoms with Gasteiger partial charge in [-0.15, -0.1) is 0 Å². The second-order valence-electron chi connectivity index (χ2n) is 10.3. The molecule has 3 aromatic heterocycles. The number of aromatic nitrogens is 1. The molecule has 0 fully saturated rings. The number of thiophene rings is 2. The van der Waals surface area contributed by atoms with E-state index in [0.717, 1.165) is 36.9 Å². The van der Waals surface area contributed by atoms with Gasteiger partial charge in [0.05, 0.1) is 14.8 Å². The average Bonchev–Trinajstić information content (AvgIpc) is 3.48. The van der Waals surface area contributed by atoms with Gasteiger partial charge in [-0.1, -0.05) is 54.4 Å². The highest BCUT2D eigenvalue weighted by atomic mass is 32.2. The topological polar surface area (TPSA) is 159 Å². The lowest BCUT2D eigenvalue weighted by molar-refractivity contribution is -0.647. The van der Waals surface area contributed by atoms with Crippen LogP contribution in [0.15, 0.2) is 45.4 Å². The predicted octanol–water partition coefficient (Wildman–Crippen LogP) is 5.80. The number of anilines is 1. The molecule has 1 aliphatic carbocycles. The quantitative estimate of drug-likeness (QED) is 0.137. The summed E-state index contributed by atoms with van der Waals surface area (Å²) in [6.07, 6.45) is 7.06. The largest absolute Gasteiger partial charge is 0.327 e. The fraction of sp³-hybridized carbons (Fsp3) is 0.348. The van der Waals surface area contributed by atoms with Crippen LogP contribution >= 0.6 is 45.8 Å². The second kappa shape index (κ2) is 10.3. The number of hydrogen-bond acceptors (Lipinski definition) is 11. The minimum Gasteiger partial charge on any atom is -0.309 e. The van der Waals surface area contributed by atoms with Crippen LogP contribution in [0.3, 0.4) is 0 Å². The highest BCUT2D eigenvalue weighted by molar-refractivity contribution is 8.04. The van der Waals surface area contributed by atoms with E-state index in [2.05, 4.69) is 13.8 Å². The minimum atomic E-state index is -4.43. The van der Waals surface area contributed by atoms with Gasteiger partial charge in [0, 0.05) is 17.0 Å². The first kappa shape index (κ1) is 29.4. The molecule has 5 rings (SSSR count). The van der Waals surface area contributed by atoms with E-state index in [1.165, 1.54) is 45.4 Å². The summed E-state index contributed by atoms with van der Waals surface area (Å²) in [5.41, 5.74) is 1.62. The van der Waals surface area contributed by atoms with Gasteiger partial charge in [0.1, 0.15) is 9.70 Å². The van der Waals surface area contributed by atoms with Crippen molar-refractivity contribution >= 4 is 91.6 Å². The summed E-state index contributed by atoms with van der Waals surface area (Å²) < 4.78 is 68.9. The number of thioether (sulfide) groups is 1. The van der Waals surface area contributed by atoms with Crippen LogP contribution in [0.25, 0.3) is 15.6 Å². The molecule has 17 heteroatoms. The maximum Gasteiger partial charge on any atom is 0.327 e. The zero-order valence-electron chi connectivity index (χ0n) is 21.4. The monoisotopic (exact) mass is 662 g/mol. The van der Waals surface area contributed by atoms with E-state index in [4.69, 9.17) is 0 Å². The van der Waals surface area contributed by atoms with Gasteiger partial charge in [-0.05, 0) is 59.8 Å². The van der Waals surface area contributed by atoms with E-state index in [1.807, 2.05) is 31.2 Å². The molecule has 0 saturated carbocycles. The van der Waals surface area contributed by atoms with Crippen molar-refractivity contribution in [2.24, 2.45) is 5.41 Å². The SMILES string of the molecule is Cc1cc2sc(C=C3C=C(/C=C4\Sc5cc([N+](=O)[O-])sc5N4CS(=O)(=O)O)CC(C)(C)C3)[n+](CS(=O)(=O)O)c2s1. The Morgan fingerprint density at radius 2 is 1.82 bits per heavy atom. The summed E-state index contributed by atoms with van der Waals surface area (Å²) >= 11 is 4.93. The fourth-order valence-corrected chi connectivity index (χ4v) is 11.1. The molecule has 2 aliphatic rings. The van der Waals surface area contributed by atoms with Gasteiger partial charge in [-0.25, -0.2) is 0 Å². The Morgan fingerprint density at radius 3 is 2.48 bits per heavy atom. The van der Waals surface area contributed by atoms with Crippen LogP contribution in [0.2, 0.25) is 0 Å². The van der Waals surface area contributed by atoms with Crippen molar-refractivity contribution in [1.82, 2.24) is 0 Å². The molecule has 0 spiro atoms. The van der Waals surface area contributed by atoms with Crippen molar-refractivity contribution in [3.05, 3.63) is 60.5 Å². The van der Waals surface area contributed by atoms with Crippen molar-refractivity contribution in [3.8, 4) is 0 Å². The molecule has 4 heterocycles. The Kier molecular flexibility index (Phi) is 7.57. The van der Waals surface area contributed by atoms with Crippen LogP contribution in [0.4, 0.5) is 10.0 Å². The summed E-state index contributed by atoms with van der Waals surface area (Å²) in [5.74, 6) is -1.30. The number of thiazole rings is 1. The molecule has 214 valence electrons. The van der Waals surface area contributed by atoms with E-state index in [0.29, 0.717) is 32.8 Å². The van der Waals surface area contributed by atoms with E-state index in [-0.39, 0.29) is 10.4 Å². The molecule has 0 bridgehead atoms. The molecule has 3 aromatic rings. The highest BCUT2D eigenvalue weighted by Crippen LogP contribution is 2.53. The van der Waals surface area contributed by atoms with Crippen LogP contribution in [0, 0.1) is 22.5 Å². The average molecular weight is 663 g/mol. The fourth-order valence-electron chi connectivity index (χ4n) is 4.78. The molecule has 1 aliphatic heterocycles. The van der Waals surface area contributed by atoms with Gasteiger partial charge < -0.3 is 4.90 Å². The van der Waals surface area contributed by atoms with Gasteiger partial charge in [0.2, 0.25) is 0 Å². The lowest BCUT2D eigenvalue weighted by atomic mass is 9.75. The van der Waals surface area contributed by atoms with Crippen LogP contribution in [-0.2, 0) is 26.1 Å². The molecule has 0 aromatic carbocycles. The van der Waals surface area contributed by atoms with E-state index >= 15 is 0 Å². The standard InChI is InChI=1S/C23H23N3O8S6/c1-13-4-16-21(35-13)24(11-39(29,30)31)18(36-16)6-14-5-15(10-23(2,3)9-14)7-19-25(12-40(32,33)34)22-17(37-19)8-20(38-22)26(27)28/h4-8H,9-12H2,1-3H3,(H-,29,30,31,32,33,34)/p+1. The van der Waals surface area contributed by atoms with E-state index in [1.54, 1.807) is 4.57 Å². The number of aryl methyl sites for hydroxylation is 1. The first-order valence-electron chi connectivity index (χ1n) is 11.7. The number of nitro groups is 1. The molecular weight excluding hydrogens is 639 g/mol. The van der Waals surface area contributed by atoms with Crippen LogP contribution in [0.1, 0.15) is 36.6 Å². The normalized spacial score (nSPS) is 19.5. The highest BCUT2D eigenvalue weighted by Gasteiger charge is 2.35. The number of fused-ring (bicyclic) bond motifs is 2. The zero-order chi connectivity index (χ0) is 29.2. The summed E-state index contributed by atoms with van der Waals surface area (Å²) in [7, 11) is -8.72. The zero-order valence-corrected chi connectivity index (χ0v) is 26.2. The van der Waals surface area contributed by atoms with Gasteiger partial charge in [-0.3, -0.25) is 19.2 Å². The van der Waals surface area contributed by atoms with Gasteiger partial charge in [0.15, 0.2) is 5.88 Å². The van der Waals surface area contributed by atoms with Crippen molar-refractivity contribution in [2.45, 2.75) is 44.4 Å². The molecule has 2 N–H and O–H groups in total. The van der Waals surface area contributed by atoms with Gasteiger partial charge >= 0.3 is 15.1 Å². The molecule has 40 heavy (non-hydrogen) atoms. The first-order chi connectivity index (χ1) is 18.5. The van der Waals surface area contributed by atoms with Gasteiger partial charge in [-0.2, -0.15) is 21.4 Å². The maximum absolute atomic E-state index is 11.8. The molecule has 0 atom stereocenters. The number of allylic oxidation sites excluding steroid dienone is 4. The second-order valence-corrected chi connectivity index (χ2v) is 17.5. The number of rotatable bonds is 7.